The van der Waals surface area contributed by atoms with Gasteiger partial charge in [0, 0.05) is 47.9 Å². The van der Waals surface area contributed by atoms with Gasteiger partial charge < -0.3 is 10.2 Å². The van der Waals surface area contributed by atoms with Crippen LogP contribution < -0.4 is 10.2 Å². The first-order chi connectivity index (χ1) is 8.66. The lowest BCUT2D eigenvalue weighted by Crippen LogP contribution is -2.32. The average molecular weight is 285 g/mol. The highest BCUT2D eigenvalue weighted by Gasteiger charge is 2.12. The quantitative estimate of drug-likeness (QED) is 0.912. The van der Waals surface area contributed by atoms with Crippen LogP contribution in [-0.2, 0) is 6.54 Å². The molecule has 1 aliphatic rings. The molecule has 1 saturated heterocycles. The topological polar surface area (TPSA) is 15.3 Å². The van der Waals surface area contributed by atoms with E-state index in [2.05, 4.69) is 42.3 Å². The zero-order valence-corrected chi connectivity index (χ0v) is 12.7. The lowest BCUT2D eigenvalue weighted by Gasteiger charge is -2.29. The third-order valence-corrected chi connectivity index (χ3v) is 4.41. The number of nitrogens with one attached hydrogen (secondary N) is 1. The summed E-state index contributed by atoms with van der Waals surface area (Å²) >= 11 is 8.39. The second kappa shape index (κ2) is 6.69. The SMILES string of the molecule is CC(C)NCc1ccc(N2CCSCC2)cc1Cl. The highest BCUT2D eigenvalue weighted by molar-refractivity contribution is 7.99. The van der Waals surface area contributed by atoms with Gasteiger partial charge in [0.25, 0.3) is 0 Å². The zero-order chi connectivity index (χ0) is 13.0. The molecule has 0 amide bonds. The Bertz CT molecular complexity index is 389. The summed E-state index contributed by atoms with van der Waals surface area (Å²) in [5.74, 6) is 2.43. The second-order valence-electron chi connectivity index (χ2n) is 4.91. The Kier molecular flexibility index (Phi) is 5.22. The molecule has 2 nitrogen and oxygen atoms in total. The summed E-state index contributed by atoms with van der Waals surface area (Å²) in [5.41, 5.74) is 2.44. The Morgan fingerprint density at radius 1 is 1.33 bits per heavy atom. The minimum Gasteiger partial charge on any atom is -0.370 e. The van der Waals surface area contributed by atoms with Gasteiger partial charge in [0.2, 0.25) is 0 Å². The fourth-order valence-electron chi connectivity index (χ4n) is 2.01. The van der Waals surface area contributed by atoms with Gasteiger partial charge in [0.05, 0.1) is 0 Å². The fraction of sp³-hybridized carbons (Fsp3) is 0.571. The lowest BCUT2D eigenvalue weighted by atomic mass is 10.2. The highest BCUT2D eigenvalue weighted by atomic mass is 35.5. The molecule has 100 valence electrons. The van der Waals surface area contributed by atoms with Crippen LogP contribution in [0.4, 0.5) is 5.69 Å². The van der Waals surface area contributed by atoms with E-state index in [4.69, 9.17) is 11.6 Å². The van der Waals surface area contributed by atoms with Crippen molar-refractivity contribution in [2.45, 2.75) is 26.4 Å². The molecule has 0 saturated carbocycles. The van der Waals surface area contributed by atoms with Crippen LogP contribution in [0, 0.1) is 0 Å². The van der Waals surface area contributed by atoms with E-state index < -0.39 is 0 Å². The van der Waals surface area contributed by atoms with Crippen LogP contribution >= 0.6 is 23.4 Å². The Morgan fingerprint density at radius 3 is 2.67 bits per heavy atom. The molecule has 0 bridgehead atoms. The van der Waals surface area contributed by atoms with E-state index in [0.717, 1.165) is 24.7 Å². The maximum absolute atomic E-state index is 6.36. The number of thioether (sulfide) groups is 1. The van der Waals surface area contributed by atoms with Crippen LogP contribution in [-0.4, -0.2) is 30.6 Å². The van der Waals surface area contributed by atoms with Crippen molar-refractivity contribution in [3.8, 4) is 0 Å². The van der Waals surface area contributed by atoms with E-state index in [9.17, 15) is 0 Å². The van der Waals surface area contributed by atoms with Gasteiger partial charge in [0.1, 0.15) is 0 Å². The van der Waals surface area contributed by atoms with Crippen molar-refractivity contribution in [2.75, 3.05) is 29.5 Å². The van der Waals surface area contributed by atoms with Crippen LogP contribution in [0.1, 0.15) is 19.4 Å². The number of hydrogen-bond donors (Lipinski definition) is 1. The number of rotatable bonds is 4. The number of halogens is 1. The molecule has 1 aliphatic heterocycles. The third-order valence-electron chi connectivity index (χ3n) is 3.11. The van der Waals surface area contributed by atoms with Gasteiger partial charge in [-0.05, 0) is 17.7 Å². The molecule has 0 aromatic heterocycles. The summed E-state index contributed by atoms with van der Waals surface area (Å²) < 4.78 is 0. The van der Waals surface area contributed by atoms with Gasteiger partial charge >= 0.3 is 0 Å². The largest absolute Gasteiger partial charge is 0.370 e. The van der Waals surface area contributed by atoms with Crippen LogP contribution in [0.15, 0.2) is 18.2 Å². The first kappa shape index (κ1) is 14.0. The first-order valence-corrected chi connectivity index (χ1v) is 8.04. The van der Waals surface area contributed by atoms with E-state index in [0.29, 0.717) is 6.04 Å². The molecule has 2 rings (SSSR count). The normalized spacial score (nSPS) is 16.3. The smallest absolute Gasteiger partial charge is 0.0471 e. The summed E-state index contributed by atoms with van der Waals surface area (Å²) in [6.45, 7) is 7.39. The second-order valence-corrected chi connectivity index (χ2v) is 6.54. The molecule has 0 atom stereocenters. The van der Waals surface area contributed by atoms with E-state index >= 15 is 0 Å². The Hall–Kier alpha value is -0.380. The molecule has 1 aromatic carbocycles. The molecular formula is C14H21ClN2S. The number of anilines is 1. The summed E-state index contributed by atoms with van der Waals surface area (Å²) in [4.78, 5) is 2.42. The molecule has 18 heavy (non-hydrogen) atoms. The van der Waals surface area contributed by atoms with Crippen LogP contribution in [0.25, 0.3) is 0 Å². The molecule has 0 aliphatic carbocycles. The van der Waals surface area contributed by atoms with Gasteiger partial charge in [0.15, 0.2) is 0 Å². The minimum atomic E-state index is 0.486. The summed E-state index contributed by atoms with van der Waals surface area (Å²) in [6, 6.07) is 6.93. The predicted octanol–water partition coefficient (Wildman–Crippen LogP) is 3.39. The van der Waals surface area contributed by atoms with Gasteiger partial charge in [-0.25, -0.2) is 0 Å². The van der Waals surface area contributed by atoms with Crippen molar-refractivity contribution in [1.82, 2.24) is 5.32 Å². The molecule has 1 aromatic rings. The summed E-state index contributed by atoms with van der Waals surface area (Å²) in [7, 11) is 0. The van der Waals surface area contributed by atoms with Crippen molar-refractivity contribution in [3.63, 3.8) is 0 Å². The molecular weight excluding hydrogens is 264 g/mol. The summed E-state index contributed by atoms with van der Waals surface area (Å²) in [6.07, 6.45) is 0. The molecule has 1 heterocycles. The Labute approximate surface area is 119 Å². The van der Waals surface area contributed by atoms with Crippen molar-refractivity contribution in [2.24, 2.45) is 0 Å². The van der Waals surface area contributed by atoms with Crippen molar-refractivity contribution in [1.29, 1.82) is 0 Å². The van der Waals surface area contributed by atoms with Crippen molar-refractivity contribution >= 4 is 29.1 Å². The number of hydrogen-bond acceptors (Lipinski definition) is 3. The Balaban J connectivity index is 2.04. The maximum atomic E-state index is 6.36. The zero-order valence-electron chi connectivity index (χ0n) is 11.1. The molecule has 1 fully saturated rings. The molecule has 0 unspecified atom stereocenters. The molecule has 0 spiro atoms. The van der Waals surface area contributed by atoms with E-state index in [1.807, 2.05) is 11.8 Å². The predicted molar refractivity (Wildman–Crippen MR) is 83.0 cm³/mol. The summed E-state index contributed by atoms with van der Waals surface area (Å²) in [5, 5.41) is 4.27. The first-order valence-electron chi connectivity index (χ1n) is 6.51. The number of nitrogens with zero attached hydrogens (tertiary/aromatic N) is 1. The van der Waals surface area contributed by atoms with Crippen LogP contribution in [0.2, 0.25) is 5.02 Å². The molecule has 1 N–H and O–H groups in total. The van der Waals surface area contributed by atoms with Crippen molar-refractivity contribution < 1.29 is 0 Å². The van der Waals surface area contributed by atoms with Gasteiger partial charge in [-0.2, -0.15) is 11.8 Å². The van der Waals surface area contributed by atoms with Crippen molar-refractivity contribution in [3.05, 3.63) is 28.8 Å². The minimum absolute atomic E-state index is 0.486. The van der Waals surface area contributed by atoms with Gasteiger partial charge in [-0.3, -0.25) is 0 Å². The van der Waals surface area contributed by atoms with Crippen LogP contribution in [0.5, 0.6) is 0 Å². The standard InChI is InChI=1S/C14H21ClN2S/c1-11(2)16-10-12-3-4-13(9-14(12)15)17-5-7-18-8-6-17/h3-4,9,11,16H,5-8,10H2,1-2H3. The maximum Gasteiger partial charge on any atom is 0.0471 e. The van der Waals surface area contributed by atoms with E-state index in [1.165, 1.54) is 22.8 Å². The molecule has 0 radical (unpaired) electrons. The fourth-order valence-corrected chi connectivity index (χ4v) is 3.16. The third kappa shape index (κ3) is 3.81. The van der Waals surface area contributed by atoms with Crippen LogP contribution in [0.3, 0.4) is 0 Å². The highest BCUT2D eigenvalue weighted by Crippen LogP contribution is 2.25. The van der Waals surface area contributed by atoms with E-state index in [1.54, 1.807) is 0 Å². The number of benzene rings is 1. The average Bonchev–Trinajstić information content (AvgIpc) is 2.38. The van der Waals surface area contributed by atoms with Gasteiger partial charge in [-0.1, -0.05) is 31.5 Å². The van der Waals surface area contributed by atoms with Gasteiger partial charge in [-0.15, -0.1) is 0 Å². The Morgan fingerprint density at radius 2 is 2.06 bits per heavy atom. The monoisotopic (exact) mass is 284 g/mol. The lowest BCUT2D eigenvalue weighted by molar-refractivity contribution is 0.589. The van der Waals surface area contributed by atoms with E-state index in [-0.39, 0.29) is 0 Å². The molecule has 4 heteroatoms.